The Morgan fingerprint density at radius 1 is 1.09 bits per heavy atom. The van der Waals surface area contributed by atoms with E-state index >= 15 is 0 Å². The van der Waals surface area contributed by atoms with Gasteiger partial charge in [-0.3, -0.25) is 9.59 Å². The number of rotatable bonds is 5. The molecule has 1 N–H and O–H groups in total. The summed E-state index contributed by atoms with van der Waals surface area (Å²) in [6, 6.07) is 11.4. The van der Waals surface area contributed by atoms with Gasteiger partial charge in [-0.2, -0.15) is 0 Å². The van der Waals surface area contributed by atoms with E-state index in [1.165, 1.54) is 16.9 Å². The van der Waals surface area contributed by atoms with Gasteiger partial charge < -0.3 is 15.1 Å². The Morgan fingerprint density at radius 2 is 1.82 bits per heavy atom. The molecule has 7 nitrogen and oxygen atoms in total. The molecule has 5 rings (SSSR count). The number of amides is 2. The molecule has 3 aromatic rings. The first-order valence-corrected chi connectivity index (χ1v) is 12.7. The fourth-order valence-electron chi connectivity index (χ4n) is 4.61. The minimum absolute atomic E-state index is 0.0591. The molecule has 2 amide bonds. The van der Waals surface area contributed by atoms with Crippen LogP contribution in [0.25, 0.3) is 0 Å². The van der Waals surface area contributed by atoms with Crippen molar-refractivity contribution in [1.29, 1.82) is 0 Å². The second-order valence-corrected chi connectivity index (χ2v) is 10.3. The fraction of sp³-hybridized carbons (Fsp3) is 0.385. The highest BCUT2D eigenvalue weighted by Gasteiger charge is 2.23. The van der Waals surface area contributed by atoms with Crippen LogP contribution in [0.4, 0.5) is 11.6 Å². The van der Waals surface area contributed by atoms with Crippen molar-refractivity contribution in [1.82, 2.24) is 14.9 Å². The molecule has 1 aliphatic heterocycles. The van der Waals surface area contributed by atoms with Crippen molar-refractivity contribution in [2.75, 3.05) is 36.4 Å². The lowest BCUT2D eigenvalue weighted by molar-refractivity contribution is -0.130. The molecule has 34 heavy (non-hydrogen) atoms. The molecule has 0 spiro atoms. The minimum Gasteiger partial charge on any atom is -0.339 e. The molecule has 1 aliphatic carbocycles. The predicted octanol–water partition coefficient (Wildman–Crippen LogP) is 3.81. The minimum atomic E-state index is -0.0591. The van der Waals surface area contributed by atoms with Gasteiger partial charge in [0.25, 0.3) is 5.91 Å². The van der Waals surface area contributed by atoms with Crippen LogP contribution in [-0.4, -0.2) is 52.9 Å². The lowest BCUT2D eigenvalue weighted by Crippen LogP contribution is -2.49. The van der Waals surface area contributed by atoms with Crippen molar-refractivity contribution in [2.45, 2.75) is 32.6 Å². The SMILES string of the molecule is CC1CCc2sc(C(=O)Nc3ccc(CC(=O)N4CCN(c5ncccn5)CC4)cc3)cc2C1. The summed E-state index contributed by atoms with van der Waals surface area (Å²) in [5.41, 5.74) is 3.02. The number of hydrogen-bond donors (Lipinski definition) is 1. The van der Waals surface area contributed by atoms with Gasteiger partial charge in [0.2, 0.25) is 11.9 Å². The standard InChI is InChI=1S/C26H29N5O2S/c1-18-3-8-22-20(15-18)17-23(34-22)25(33)29-21-6-4-19(5-7-21)16-24(32)30-11-13-31(14-12-30)26-27-9-2-10-28-26/h2,4-7,9-10,17-18H,3,8,11-16H2,1H3,(H,29,33). The van der Waals surface area contributed by atoms with Crippen LogP contribution in [0.5, 0.6) is 0 Å². The van der Waals surface area contributed by atoms with Crippen molar-refractivity contribution in [3.63, 3.8) is 0 Å². The highest BCUT2D eigenvalue weighted by Crippen LogP contribution is 2.32. The number of hydrogen-bond acceptors (Lipinski definition) is 6. The molecular formula is C26H29N5O2S. The fourth-order valence-corrected chi connectivity index (χ4v) is 5.72. The Morgan fingerprint density at radius 3 is 2.56 bits per heavy atom. The molecule has 8 heteroatoms. The van der Waals surface area contributed by atoms with Gasteiger partial charge in [-0.15, -0.1) is 11.3 Å². The molecule has 2 aromatic heterocycles. The first-order chi connectivity index (χ1) is 16.5. The Hall–Kier alpha value is -3.26. The van der Waals surface area contributed by atoms with E-state index in [-0.39, 0.29) is 11.8 Å². The van der Waals surface area contributed by atoms with E-state index in [0.717, 1.165) is 42.1 Å². The first-order valence-electron chi connectivity index (χ1n) is 11.9. The highest BCUT2D eigenvalue weighted by atomic mass is 32.1. The third-order valence-electron chi connectivity index (χ3n) is 6.59. The van der Waals surface area contributed by atoms with Gasteiger partial charge in [-0.1, -0.05) is 19.1 Å². The largest absolute Gasteiger partial charge is 0.339 e. The summed E-state index contributed by atoms with van der Waals surface area (Å²) in [5, 5.41) is 3.00. The van der Waals surface area contributed by atoms with Gasteiger partial charge in [-0.25, -0.2) is 9.97 Å². The molecule has 1 saturated heterocycles. The summed E-state index contributed by atoms with van der Waals surface area (Å²) in [6.07, 6.45) is 7.17. The van der Waals surface area contributed by atoms with Crippen LogP contribution >= 0.6 is 11.3 Å². The van der Waals surface area contributed by atoms with Gasteiger partial charge in [-0.05, 0) is 60.6 Å². The molecule has 1 atom stereocenters. The maximum atomic E-state index is 12.8. The van der Waals surface area contributed by atoms with Gasteiger partial charge in [0, 0.05) is 49.1 Å². The van der Waals surface area contributed by atoms with Crippen LogP contribution in [-0.2, 0) is 24.1 Å². The van der Waals surface area contributed by atoms with Gasteiger partial charge in [0.05, 0.1) is 11.3 Å². The van der Waals surface area contributed by atoms with E-state index in [1.807, 2.05) is 29.2 Å². The molecule has 0 saturated carbocycles. The Bertz CT molecular complexity index is 1150. The Kier molecular flexibility index (Phi) is 6.58. The zero-order valence-electron chi connectivity index (χ0n) is 19.4. The van der Waals surface area contributed by atoms with E-state index in [0.29, 0.717) is 31.4 Å². The van der Waals surface area contributed by atoms with Crippen LogP contribution in [0, 0.1) is 5.92 Å². The van der Waals surface area contributed by atoms with Gasteiger partial charge in [0.15, 0.2) is 0 Å². The Labute approximate surface area is 203 Å². The molecular weight excluding hydrogens is 446 g/mol. The average molecular weight is 476 g/mol. The number of fused-ring (bicyclic) bond motifs is 1. The number of carbonyl (C=O) groups is 2. The number of aromatic nitrogens is 2. The summed E-state index contributed by atoms with van der Waals surface area (Å²) >= 11 is 1.62. The normalized spacial score (nSPS) is 17.9. The van der Waals surface area contributed by atoms with Gasteiger partial charge >= 0.3 is 0 Å². The molecule has 0 bridgehead atoms. The number of anilines is 2. The summed E-state index contributed by atoms with van der Waals surface area (Å²) in [5.74, 6) is 1.46. The lowest BCUT2D eigenvalue weighted by atomic mass is 9.90. The molecule has 176 valence electrons. The Balaban J connectivity index is 1.13. The van der Waals surface area contributed by atoms with E-state index < -0.39 is 0 Å². The number of aryl methyl sites for hydroxylation is 1. The molecule has 1 unspecified atom stereocenters. The van der Waals surface area contributed by atoms with Crippen molar-refractivity contribution in [3.05, 3.63) is 69.7 Å². The number of thiophene rings is 1. The first kappa shape index (κ1) is 22.5. The monoisotopic (exact) mass is 475 g/mol. The van der Waals surface area contributed by atoms with E-state index in [1.54, 1.807) is 29.8 Å². The summed E-state index contributed by atoms with van der Waals surface area (Å²) in [7, 11) is 0. The predicted molar refractivity (Wildman–Crippen MR) is 134 cm³/mol. The molecule has 0 radical (unpaired) electrons. The van der Waals surface area contributed by atoms with E-state index in [9.17, 15) is 9.59 Å². The summed E-state index contributed by atoms with van der Waals surface area (Å²) in [6.45, 7) is 5.05. The van der Waals surface area contributed by atoms with E-state index in [2.05, 4.69) is 33.2 Å². The molecule has 2 aliphatic rings. The van der Waals surface area contributed by atoms with Crippen LogP contribution in [0.3, 0.4) is 0 Å². The number of piperazine rings is 1. The lowest BCUT2D eigenvalue weighted by Gasteiger charge is -2.34. The second-order valence-electron chi connectivity index (χ2n) is 9.15. The zero-order chi connectivity index (χ0) is 23.5. The maximum absolute atomic E-state index is 12.8. The zero-order valence-corrected chi connectivity index (χ0v) is 20.2. The molecule has 1 fully saturated rings. The van der Waals surface area contributed by atoms with Crippen molar-refractivity contribution in [3.8, 4) is 0 Å². The summed E-state index contributed by atoms with van der Waals surface area (Å²) in [4.78, 5) is 40.2. The number of carbonyl (C=O) groups excluding carboxylic acids is 2. The summed E-state index contributed by atoms with van der Waals surface area (Å²) < 4.78 is 0. The van der Waals surface area contributed by atoms with Crippen LogP contribution in [0.2, 0.25) is 0 Å². The number of benzene rings is 1. The third kappa shape index (κ3) is 5.12. The molecule has 3 heterocycles. The van der Waals surface area contributed by atoms with E-state index in [4.69, 9.17) is 0 Å². The highest BCUT2D eigenvalue weighted by molar-refractivity contribution is 7.14. The van der Waals surface area contributed by atoms with Gasteiger partial charge in [0.1, 0.15) is 0 Å². The quantitative estimate of drug-likeness (QED) is 0.607. The third-order valence-corrected chi connectivity index (χ3v) is 7.82. The topological polar surface area (TPSA) is 78.4 Å². The van der Waals surface area contributed by atoms with Crippen molar-refractivity contribution in [2.24, 2.45) is 5.92 Å². The van der Waals surface area contributed by atoms with Crippen molar-refractivity contribution >= 4 is 34.8 Å². The van der Waals surface area contributed by atoms with Crippen molar-refractivity contribution < 1.29 is 9.59 Å². The van der Waals surface area contributed by atoms with Crippen LogP contribution in [0.1, 0.15) is 39.0 Å². The van der Waals surface area contributed by atoms with Crippen LogP contribution < -0.4 is 10.2 Å². The molecule has 1 aromatic carbocycles. The van der Waals surface area contributed by atoms with Crippen LogP contribution in [0.15, 0.2) is 48.8 Å². The number of nitrogens with zero attached hydrogens (tertiary/aromatic N) is 4. The smallest absolute Gasteiger partial charge is 0.265 e. The maximum Gasteiger partial charge on any atom is 0.265 e. The average Bonchev–Trinajstić information content (AvgIpc) is 3.29. The number of nitrogens with one attached hydrogen (secondary N) is 1. The second kappa shape index (κ2) is 9.93.